The number of aryl methyl sites for hydroxylation is 1. The average Bonchev–Trinajstić information content (AvgIpc) is 2.87. The molecule has 0 bridgehead atoms. The summed E-state index contributed by atoms with van der Waals surface area (Å²) in [6.45, 7) is 7.22. The lowest BCUT2D eigenvalue weighted by molar-refractivity contribution is 0.0906. The summed E-state index contributed by atoms with van der Waals surface area (Å²) in [6.07, 6.45) is 2.34. The van der Waals surface area contributed by atoms with E-state index in [1.54, 1.807) is 13.2 Å². The molecule has 6 nitrogen and oxygen atoms in total. The zero-order valence-electron chi connectivity index (χ0n) is 20.9. The molecule has 0 atom stereocenters. The molecule has 1 fully saturated rings. The fourth-order valence-electron chi connectivity index (χ4n) is 5.00. The first-order chi connectivity index (χ1) is 17.0. The molecule has 6 heteroatoms. The number of hydrogen-bond donors (Lipinski definition) is 1. The first-order valence-electron chi connectivity index (χ1n) is 12.4. The van der Waals surface area contributed by atoms with Crippen molar-refractivity contribution in [1.82, 2.24) is 14.8 Å². The quantitative estimate of drug-likeness (QED) is 0.533. The molecule has 1 amide bonds. The third-order valence-corrected chi connectivity index (χ3v) is 6.88. The lowest BCUT2D eigenvalue weighted by Gasteiger charge is -2.32. The molecular formula is C29H35N3O3. The third-order valence-electron chi connectivity index (χ3n) is 6.88. The van der Waals surface area contributed by atoms with Crippen LogP contribution >= 0.6 is 0 Å². The molecule has 1 aliphatic heterocycles. The fourth-order valence-corrected chi connectivity index (χ4v) is 5.00. The van der Waals surface area contributed by atoms with E-state index in [2.05, 4.69) is 39.0 Å². The first-order valence-corrected chi connectivity index (χ1v) is 12.4. The molecule has 0 unspecified atom stereocenters. The molecule has 0 spiro atoms. The molecule has 2 aromatic carbocycles. The standard InChI is InChI=1S/C29H35N3O3/c1-4-25-28(26(33)18-21(2)32(25)20-23-12-8-9-13-27(23)35-3)29(34)30-24-14-16-31(17-15-24)19-22-10-6-5-7-11-22/h5-13,18,24H,4,14-17,19-20H2,1-3H3,(H,30,34). The molecule has 184 valence electrons. The van der Waals surface area contributed by atoms with Gasteiger partial charge >= 0.3 is 0 Å². The van der Waals surface area contributed by atoms with Crippen LogP contribution in [0.2, 0.25) is 0 Å². The van der Waals surface area contributed by atoms with Crippen molar-refractivity contribution in [3.63, 3.8) is 0 Å². The number of para-hydroxylation sites is 1. The third kappa shape index (κ3) is 5.82. The smallest absolute Gasteiger partial charge is 0.257 e. The number of hydrogen-bond acceptors (Lipinski definition) is 4. The number of nitrogens with one attached hydrogen (secondary N) is 1. The van der Waals surface area contributed by atoms with Gasteiger partial charge in [0, 0.05) is 48.7 Å². The van der Waals surface area contributed by atoms with E-state index < -0.39 is 0 Å². The Labute approximate surface area is 207 Å². The second-order valence-corrected chi connectivity index (χ2v) is 9.23. The van der Waals surface area contributed by atoms with Gasteiger partial charge in [-0.05, 0) is 37.8 Å². The van der Waals surface area contributed by atoms with Crippen LogP contribution in [-0.4, -0.2) is 41.6 Å². The molecule has 1 aliphatic rings. The van der Waals surface area contributed by atoms with E-state index in [0.29, 0.717) is 13.0 Å². The summed E-state index contributed by atoms with van der Waals surface area (Å²) < 4.78 is 7.59. The number of rotatable bonds is 8. The van der Waals surface area contributed by atoms with E-state index in [0.717, 1.165) is 55.2 Å². The largest absolute Gasteiger partial charge is 0.496 e. The van der Waals surface area contributed by atoms with E-state index in [9.17, 15) is 9.59 Å². The number of methoxy groups -OCH3 is 1. The number of nitrogens with zero attached hydrogens (tertiary/aromatic N) is 2. The Hall–Kier alpha value is -3.38. The highest BCUT2D eigenvalue weighted by Crippen LogP contribution is 2.21. The summed E-state index contributed by atoms with van der Waals surface area (Å²) in [4.78, 5) is 28.8. The summed E-state index contributed by atoms with van der Waals surface area (Å²) >= 11 is 0. The van der Waals surface area contributed by atoms with Gasteiger partial charge < -0.3 is 14.6 Å². The highest BCUT2D eigenvalue weighted by Gasteiger charge is 2.25. The van der Waals surface area contributed by atoms with Gasteiger partial charge in [0.1, 0.15) is 11.3 Å². The normalized spacial score (nSPS) is 14.6. The Bertz CT molecular complexity index is 1210. The predicted octanol–water partition coefficient (Wildman–Crippen LogP) is 4.17. The van der Waals surface area contributed by atoms with Gasteiger partial charge in [-0.25, -0.2) is 0 Å². The number of benzene rings is 2. The first kappa shape index (κ1) is 24.7. The van der Waals surface area contributed by atoms with Crippen LogP contribution in [0.5, 0.6) is 5.75 Å². The van der Waals surface area contributed by atoms with E-state index in [-0.39, 0.29) is 22.9 Å². The Morgan fingerprint density at radius 1 is 1.03 bits per heavy atom. The van der Waals surface area contributed by atoms with Crippen molar-refractivity contribution < 1.29 is 9.53 Å². The van der Waals surface area contributed by atoms with Crippen molar-refractivity contribution in [3.8, 4) is 5.75 Å². The van der Waals surface area contributed by atoms with Crippen molar-refractivity contribution in [3.05, 3.63) is 99.0 Å². The van der Waals surface area contributed by atoms with Gasteiger partial charge in [0.2, 0.25) is 0 Å². The summed E-state index contributed by atoms with van der Waals surface area (Å²) in [5.41, 5.74) is 3.96. The Balaban J connectivity index is 1.49. The molecule has 0 aliphatic carbocycles. The zero-order chi connectivity index (χ0) is 24.8. The summed E-state index contributed by atoms with van der Waals surface area (Å²) in [5, 5.41) is 3.16. The number of aromatic nitrogens is 1. The lowest BCUT2D eigenvalue weighted by Crippen LogP contribution is -2.45. The van der Waals surface area contributed by atoms with Crippen LogP contribution in [-0.2, 0) is 19.5 Å². The molecule has 0 saturated carbocycles. The highest BCUT2D eigenvalue weighted by molar-refractivity contribution is 5.95. The zero-order valence-corrected chi connectivity index (χ0v) is 20.9. The Kier molecular flexibility index (Phi) is 8.03. The van der Waals surface area contributed by atoms with E-state index >= 15 is 0 Å². The second-order valence-electron chi connectivity index (χ2n) is 9.23. The van der Waals surface area contributed by atoms with Gasteiger partial charge in [-0.3, -0.25) is 14.5 Å². The molecule has 4 rings (SSSR count). The van der Waals surface area contributed by atoms with Crippen LogP contribution in [0.1, 0.15) is 52.6 Å². The second kappa shape index (κ2) is 11.4. The van der Waals surface area contributed by atoms with Crippen molar-refractivity contribution >= 4 is 5.91 Å². The van der Waals surface area contributed by atoms with Crippen molar-refractivity contribution in [2.24, 2.45) is 0 Å². The van der Waals surface area contributed by atoms with Crippen LogP contribution in [0.25, 0.3) is 0 Å². The molecule has 1 N–H and O–H groups in total. The van der Waals surface area contributed by atoms with Crippen molar-refractivity contribution in [2.75, 3.05) is 20.2 Å². The maximum Gasteiger partial charge on any atom is 0.257 e. The average molecular weight is 474 g/mol. The minimum atomic E-state index is -0.262. The highest BCUT2D eigenvalue weighted by atomic mass is 16.5. The van der Waals surface area contributed by atoms with Gasteiger partial charge in [-0.1, -0.05) is 55.5 Å². The molecule has 2 heterocycles. The van der Waals surface area contributed by atoms with Gasteiger partial charge in [0.25, 0.3) is 5.91 Å². The molecule has 1 saturated heterocycles. The maximum atomic E-state index is 13.4. The van der Waals surface area contributed by atoms with Gasteiger partial charge in [-0.15, -0.1) is 0 Å². The van der Waals surface area contributed by atoms with Gasteiger partial charge in [0.05, 0.1) is 13.7 Å². The fraction of sp³-hybridized carbons (Fsp3) is 0.379. The number of carbonyl (C=O) groups excluding carboxylic acids is 1. The summed E-state index contributed by atoms with van der Waals surface area (Å²) in [7, 11) is 1.65. The lowest BCUT2D eigenvalue weighted by atomic mass is 10.0. The Morgan fingerprint density at radius 2 is 1.71 bits per heavy atom. The van der Waals surface area contributed by atoms with E-state index in [1.807, 2.05) is 44.2 Å². The summed E-state index contributed by atoms with van der Waals surface area (Å²) in [5.74, 6) is 0.531. The molecule has 1 aromatic heterocycles. The molecule has 0 radical (unpaired) electrons. The van der Waals surface area contributed by atoms with Crippen LogP contribution in [0.3, 0.4) is 0 Å². The minimum Gasteiger partial charge on any atom is -0.496 e. The molecule has 35 heavy (non-hydrogen) atoms. The van der Waals surface area contributed by atoms with E-state index in [4.69, 9.17) is 4.74 Å². The monoisotopic (exact) mass is 473 g/mol. The Morgan fingerprint density at radius 3 is 2.40 bits per heavy atom. The van der Waals surface area contributed by atoms with Crippen LogP contribution < -0.4 is 15.5 Å². The maximum absolute atomic E-state index is 13.4. The minimum absolute atomic E-state index is 0.0719. The van der Waals surface area contributed by atoms with E-state index in [1.165, 1.54) is 5.56 Å². The van der Waals surface area contributed by atoms with Gasteiger partial charge in [0.15, 0.2) is 5.43 Å². The predicted molar refractivity (Wildman–Crippen MR) is 139 cm³/mol. The number of ether oxygens (including phenoxy) is 1. The van der Waals surface area contributed by atoms with Gasteiger partial charge in [-0.2, -0.15) is 0 Å². The number of piperidine rings is 1. The number of likely N-dealkylation sites (tertiary alicyclic amines) is 1. The number of carbonyl (C=O) groups is 1. The number of amides is 1. The molecular weight excluding hydrogens is 438 g/mol. The van der Waals surface area contributed by atoms with Crippen LogP contribution in [0.15, 0.2) is 65.5 Å². The number of pyridine rings is 1. The summed E-state index contributed by atoms with van der Waals surface area (Å²) in [6, 6.07) is 20.0. The van der Waals surface area contributed by atoms with Crippen molar-refractivity contribution in [1.29, 1.82) is 0 Å². The topological polar surface area (TPSA) is 63.6 Å². The van der Waals surface area contributed by atoms with Crippen molar-refractivity contribution in [2.45, 2.75) is 52.2 Å². The van der Waals surface area contributed by atoms with Crippen LogP contribution in [0, 0.1) is 6.92 Å². The SMILES string of the molecule is CCc1c(C(=O)NC2CCN(Cc3ccccc3)CC2)c(=O)cc(C)n1Cc1ccccc1OC. The van der Waals surface area contributed by atoms with Crippen LogP contribution in [0.4, 0.5) is 0 Å². The molecule has 3 aromatic rings.